The van der Waals surface area contributed by atoms with Gasteiger partial charge in [0.25, 0.3) is 16.4 Å². The summed E-state index contributed by atoms with van der Waals surface area (Å²) in [5, 5.41) is 11.2. The molecule has 0 saturated heterocycles. The number of allylic oxidation sites excluding steroid dienone is 1. The van der Waals surface area contributed by atoms with Crippen LogP contribution in [0.5, 0.6) is 0 Å². The van der Waals surface area contributed by atoms with Gasteiger partial charge in [-0.15, -0.1) is 0 Å². The molecule has 0 bridgehead atoms. The lowest BCUT2D eigenvalue weighted by atomic mass is 9.60. The average Bonchev–Trinajstić information content (AvgIpc) is 2.77. The highest BCUT2D eigenvalue weighted by Gasteiger charge is 2.56. The Labute approximate surface area is 196 Å². The first-order chi connectivity index (χ1) is 15.6. The van der Waals surface area contributed by atoms with Crippen LogP contribution in [0, 0.1) is 17.8 Å². The molecule has 1 saturated carbocycles. The van der Waals surface area contributed by atoms with Crippen LogP contribution in [0.4, 0.5) is 8.78 Å². The summed E-state index contributed by atoms with van der Waals surface area (Å²) in [6, 6.07) is 9.38. The zero-order chi connectivity index (χ0) is 25.6. The molecule has 34 heavy (non-hydrogen) atoms. The van der Waals surface area contributed by atoms with Crippen LogP contribution in [0.25, 0.3) is 5.76 Å². The molecule has 1 fully saturated rings. The maximum Gasteiger partial charge on any atom is 0.282 e. The summed E-state index contributed by atoms with van der Waals surface area (Å²) in [7, 11) is -4.37. The van der Waals surface area contributed by atoms with Crippen LogP contribution in [0.1, 0.15) is 51.1 Å². The highest BCUT2D eigenvalue weighted by molar-refractivity contribution is 7.90. The third-order valence-electron chi connectivity index (χ3n) is 5.83. The van der Waals surface area contributed by atoms with E-state index in [1.165, 1.54) is 65.0 Å². The van der Waals surface area contributed by atoms with Gasteiger partial charge in [0.15, 0.2) is 11.6 Å². The molecule has 0 spiro atoms. The van der Waals surface area contributed by atoms with E-state index in [4.69, 9.17) is 0 Å². The number of alkyl halides is 2. The van der Waals surface area contributed by atoms with Crippen LogP contribution in [0.15, 0.2) is 57.3 Å². The number of rotatable bonds is 4. The molecule has 7 nitrogen and oxygen atoms in total. The van der Waals surface area contributed by atoms with E-state index < -0.39 is 61.6 Å². The Balaban J connectivity index is 2.37. The van der Waals surface area contributed by atoms with E-state index in [0.717, 1.165) is 6.07 Å². The predicted molar refractivity (Wildman–Crippen MR) is 122 cm³/mol. The van der Waals surface area contributed by atoms with Gasteiger partial charge in [-0.25, -0.2) is 8.78 Å². The summed E-state index contributed by atoms with van der Waals surface area (Å²) in [6.45, 7) is 6.95. The molecule has 0 radical (unpaired) electrons. The van der Waals surface area contributed by atoms with Crippen molar-refractivity contribution in [3.05, 3.63) is 65.0 Å². The van der Waals surface area contributed by atoms with Crippen molar-refractivity contribution >= 4 is 33.1 Å². The summed E-state index contributed by atoms with van der Waals surface area (Å²) >= 11 is 0. The molecule has 0 atom stereocenters. The number of halogens is 2. The van der Waals surface area contributed by atoms with Crippen LogP contribution in [0.3, 0.4) is 0 Å². The molecule has 1 N–H and O–H groups in total. The smallest absolute Gasteiger partial charge is 0.282 e. The van der Waals surface area contributed by atoms with E-state index >= 15 is 0 Å². The molecule has 0 unspecified atom stereocenters. The van der Waals surface area contributed by atoms with Gasteiger partial charge in [0.05, 0.1) is 27.0 Å². The van der Waals surface area contributed by atoms with Gasteiger partial charge in [-0.05, 0) is 58.9 Å². The second-order valence-corrected chi connectivity index (χ2v) is 10.6. The molecular weight excluding hydrogens is 466 g/mol. The number of carbonyl (C=O) groups is 2. The molecule has 180 valence electrons. The molecule has 1 aliphatic rings. The predicted octanol–water partition coefficient (Wildman–Crippen LogP) is 4.63. The van der Waals surface area contributed by atoms with Gasteiger partial charge in [0, 0.05) is 11.3 Å². The Hall–Kier alpha value is -3.27. The Morgan fingerprint density at radius 2 is 1.59 bits per heavy atom. The van der Waals surface area contributed by atoms with Crippen LogP contribution in [-0.4, -0.2) is 35.8 Å². The molecule has 1 aliphatic carbocycles. The molecule has 3 rings (SSSR count). The van der Waals surface area contributed by atoms with Crippen LogP contribution in [0.2, 0.25) is 0 Å². The molecule has 2 aromatic rings. The van der Waals surface area contributed by atoms with Crippen LogP contribution >= 0.6 is 0 Å². The quantitative estimate of drug-likeness (QED) is 0.380. The Morgan fingerprint density at radius 3 is 2.12 bits per heavy atom. The minimum atomic E-state index is -4.37. The summed E-state index contributed by atoms with van der Waals surface area (Å²) in [5.74, 6) is -2.10. The Bertz CT molecular complexity index is 1340. The Kier molecular flexibility index (Phi) is 6.34. The number of ketones is 2. The maximum atomic E-state index is 13.4. The van der Waals surface area contributed by atoms with Crippen molar-refractivity contribution in [3.63, 3.8) is 0 Å². The van der Waals surface area contributed by atoms with Crippen LogP contribution < -0.4 is 0 Å². The largest absolute Gasteiger partial charge is 0.506 e. The van der Waals surface area contributed by atoms with Crippen molar-refractivity contribution in [3.8, 4) is 0 Å². The van der Waals surface area contributed by atoms with Crippen LogP contribution in [-0.2, 0) is 19.6 Å². The fourth-order valence-corrected chi connectivity index (χ4v) is 5.12. The van der Waals surface area contributed by atoms with Gasteiger partial charge in [0.2, 0.25) is 0 Å². The Morgan fingerprint density at radius 1 is 1.00 bits per heavy atom. The number of aromatic nitrogens is 1. The zero-order valence-corrected chi connectivity index (χ0v) is 20.1. The van der Waals surface area contributed by atoms with Gasteiger partial charge in [-0.3, -0.25) is 14.6 Å². The lowest BCUT2D eigenvalue weighted by Crippen LogP contribution is -2.54. The van der Waals surface area contributed by atoms with Crippen molar-refractivity contribution in [1.82, 2.24) is 4.98 Å². The monoisotopic (exact) mass is 490 g/mol. The van der Waals surface area contributed by atoms with Crippen molar-refractivity contribution in [2.45, 2.75) is 45.9 Å². The van der Waals surface area contributed by atoms with Crippen molar-refractivity contribution in [2.75, 3.05) is 0 Å². The number of benzene rings is 1. The summed E-state index contributed by atoms with van der Waals surface area (Å²) in [5.41, 5.74) is -4.67. The number of aliphatic hydroxyl groups excluding tert-OH is 1. The van der Waals surface area contributed by atoms with Crippen molar-refractivity contribution in [2.24, 2.45) is 15.2 Å². The second kappa shape index (κ2) is 8.50. The number of carbonyl (C=O) groups excluding carboxylic acids is 2. The van der Waals surface area contributed by atoms with Gasteiger partial charge in [-0.1, -0.05) is 18.2 Å². The number of aliphatic hydroxyl groups is 1. The second-order valence-electron chi connectivity index (χ2n) is 9.03. The number of aryl methyl sites for hydroxylation is 1. The number of pyridine rings is 1. The minimum absolute atomic E-state index is 0.00613. The van der Waals surface area contributed by atoms with E-state index in [2.05, 4.69) is 9.38 Å². The third kappa shape index (κ3) is 4.18. The zero-order valence-electron chi connectivity index (χ0n) is 19.3. The molecule has 10 heteroatoms. The van der Waals surface area contributed by atoms with Gasteiger partial charge in [0.1, 0.15) is 11.5 Å². The molecule has 1 heterocycles. The summed E-state index contributed by atoms with van der Waals surface area (Å²) in [6.07, 6.45) is -2.84. The highest BCUT2D eigenvalue weighted by Crippen LogP contribution is 2.44. The van der Waals surface area contributed by atoms with Gasteiger partial charge >= 0.3 is 0 Å². The maximum absolute atomic E-state index is 13.4. The lowest BCUT2D eigenvalue weighted by molar-refractivity contribution is -0.141. The first-order valence-corrected chi connectivity index (χ1v) is 11.8. The first-order valence-electron chi connectivity index (χ1n) is 10.3. The van der Waals surface area contributed by atoms with E-state index in [9.17, 15) is 31.9 Å². The highest BCUT2D eigenvalue weighted by atomic mass is 32.2. The van der Waals surface area contributed by atoms with Crippen molar-refractivity contribution in [1.29, 1.82) is 0 Å². The normalized spacial score (nSPS) is 20.6. The van der Waals surface area contributed by atoms with Gasteiger partial charge in [-0.2, -0.15) is 12.8 Å². The van der Waals surface area contributed by atoms with Crippen molar-refractivity contribution < 1.29 is 31.9 Å². The molecule has 0 aliphatic heterocycles. The molecule has 1 aromatic heterocycles. The molecular formula is C24H24F2N2O5S. The average molecular weight is 491 g/mol. The fraction of sp³-hybridized carbons (Fsp3) is 0.333. The standard InChI is InChI=1S/C24H24F2N2O5S/c1-13-15(11-12-16(27-13)21(25)26)18(29)17-19(23(2,3)22(31)24(4,5)20(17)30)28-34(32,33)14-9-7-6-8-10-14/h6-12,21,29H,1-5H3/b18-17-,28-19-. The van der Waals surface area contributed by atoms with E-state index in [1.54, 1.807) is 6.07 Å². The fourth-order valence-electron chi connectivity index (χ4n) is 3.96. The number of nitrogens with zero attached hydrogens (tertiary/aromatic N) is 2. The SMILES string of the molecule is Cc1nc(C(F)F)ccc1/C(O)=C1/C(=O)C(C)(C)C(=O)C(C)(C)/C1=N\S(=O)(=O)c1ccccc1. The molecule has 0 amide bonds. The summed E-state index contributed by atoms with van der Waals surface area (Å²) in [4.78, 5) is 30.2. The molecule has 1 aromatic carbocycles. The summed E-state index contributed by atoms with van der Waals surface area (Å²) < 4.78 is 56.0. The lowest BCUT2D eigenvalue weighted by Gasteiger charge is -2.40. The van der Waals surface area contributed by atoms with E-state index in [0.29, 0.717) is 0 Å². The number of hydrogen-bond acceptors (Lipinski definition) is 6. The topological polar surface area (TPSA) is 114 Å². The van der Waals surface area contributed by atoms with E-state index in [1.807, 2.05) is 0 Å². The number of hydrogen-bond donors (Lipinski definition) is 1. The van der Waals surface area contributed by atoms with E-state index in [-0.39, 0.29) is 16.2 Å². The van der Waals surface area contributed by atoms with Gasteiger partial charge < -0.3 is 5.11 Å². The third-order valence-corrected chi connectivity index (χ3v) is 7.13. The number of Topliss-reactive ketones (excluding diaryl/α,β-unsaturated/α-hetero) is 2. The first kappa shape index (κ1) is 25.4. The minimum Gasteiger partial charge on any atom is -0.506 e. The number of sulfonamides is 1.